The number of rotatable bonds is 10. The molecular weight excluding hydrogens is 615 g/mol. The average molecular weight is 658 g/mol. The van der Waals surface area contributed by atoms with Crippen LogP contribution in [0.5, 0.6) is 5.75 Å². The highest BCUT2D eigenvalue weighted by Crippen LogP contribution is 2.36. The number of ether oxygens (including phenoxy) is 3. The number of nitrogens with zero attached hydrogens (tertiary/aromatic N) is 3. The highest BCUT2D eigenvalue weighted by molar-refractivity contribution is 7.76. The number of hydrogen-bond acceptors (Lipinski definition) is 6. The molecule has 4 atom stereocenters. The van der Waals surface area contributed by atoms with Gasteiger partial charge in [0.15, 0.2) is 6.80 Å². The van der Waals surface area contributed by atoms with Crippen LogP contribution in [-0.4, -0.2) is 98.1 Å². The van der Waals surface area contributed by atoms with Crippen LogP contribution < -0.4 is 4.74 Å². The Morgan fingerprint density at radius 2 is 1.64 bits per heavy atom. The molecule has 1 aliphatic heterocycles. The van der Waals surface area contributed by atoms with Gasteiger partial charge in [-0.25, -0.2) is 27.0 Å². The van der Waals surface area contributed by atoms with Gasteiger partial charge >= 0.3 is 12.2 Å². The van der Waals surface area contributed by atoms with Gasteiger partial charge in [-0.1, -0.05) is 36.4 Å². The monoisotopic (exact) mass is 657 g/mol. The minimum Gasteiger partial charge on any atom is -0.491 e. The number of halogens is 3. The molecule has 1 aliphatic rings. The molecule has 2 aromatic rings. The van der Waals surface area contributed by atoms with Gasteiger partial charge in [0.25, 0.3) is 0 Å². The van der Waals surface area contributed by atoms with Gasteiger partial charge < -0.3 is 24.0 Å². The molecule has 4 unspecified atom stereocenters. The first kappa shape index (κ1) is 36.1. The molecule has 1 saturated heterocycles. The Labute approximate surface area is 264 Å². The second-order valence-electron chi connectivity index (χ2n) is 12.7. The summed E-state index contributed by atoms with van der Waals surface area (Å²) in [7, 11) is 1.57. The number of para-hydroxylation sites is 1. The van der Waals surface area contributed by atoms with Crippen LogP contribution in [0.15, 0.2) is 42.5 Å². The molecule has 0 spiro atoms. The summed E-state index contributed by atoms with van der Waals surface area (Å²) in [5.41, 5.74) is -0.997. The topological polar surface area (TPSA) is 109 Å². The Kier molecular flexibility index (Phi) is 11.9. The lowest BCUT2D eigenvalue weighted by Gasteiger charge is -2.33. The standard InChI is InChI=1S/C31H42F3N3O7S/c1-30(2,3)43-28(38)35(7)15-16-42-25-14-9-8-12-21(25)22-13-10-11-20(26(22)34)17-24-27(37(19-32)45(40)41)23(33)18-36(24)29(39)44-31(4,5)6/h8-14,23-24,27H,15-19H2,1-7H3,(H,40,41). The second-order valence-corrected chi connectivity index (χ2v) is 13.6. The third kappa shape index (κ3) is 9.57. The molecule has 14 heteroatoms. The Balaban J connectivity index is 1.90. The number of carbonyl (C=O) groups excluding carboxylic acids is 2. The lowest BCUT2D eigenvalue weighted by atomic mass is 9.95. The first-order valence-electron chi connectivity index (χ1n) is 14.4. The fraction of sp³-hybridized carbons (Fsp3) is 0.548. The van der Waals surface area contributed by atoms with Crippen LogP contribution in [0.3, 0.4) is 0 Å². The van der Waals surface area contributed by atoms with Gasteiger partial charge in [0, 0.05) is 18.2 Å². The summed E-state index contributed by atoms with van der Waals surface area (Å²) in [5.74, 6) is -0.357. The summed E-state index contributed by atoms with van der Waals surface area (Å²) in [6.45, 7) is 8.41. The normalized spacial score (nSPS) is 19.4. The second kappa shape index (κ2) is 14.8. The molecule has 10 nitrogen and oxygen atoms in total. The zero-order chi connectivity index (χ0) is 33.7. The highest BCUT2D eigenvalue weighted by atomic mass is 32.2. The van der Waals surface area contributed by atoms with Gasteiger partial charge in [0.2, 0.25) is 11.3 Å². The van der Waals surface area contributed by atoms with Gasteiger partial charge in [-0.05, 0) is 59.6 Å². The molecule has 2 amide bonds. The molecular formula is C31H42F3N3O7S. The first-order valence-corrected chi connectivity index (χ1v) is 15.5. The number of benzene rings is 2. The van der Waals surface area contributed by atoms with Crippen molar-refractivity contribution in [2.45, 2.75) is 77.4 Å². The molecule has 1 heterocycles. The predicted molar refractivity (Wildman–Crippen MR) is 164 cm³/mol. The van der Waals surface area contributed by atoms with Crippen molar-refractivity contribution in [3.63, 3.8) is 0 Å². The van der Waals surface area contributed by atoms with Crippen LogP contribution in [0, 0.1) is 5.82 Å². The van der Waals surface area contributed by atoms with E-state index in [1.54, 1.807) is 78.9 Å². The number of likely N-dealkylation sites (N-methyl/N-ethyl adjacent to an activating group) is 1. The van der Waals surface area contributed by atoms with Crippen molar-refractivity contribution in [3.8, 4) is 16.9 Å². The van der Waals surface area contributed by atoms with Crippen LogP contribution >= 0.6 is 0 Å². The Morgan fingerprint density at radius 3 is 2.24 bits per heavy atom. The minimum atomic E-state index is -2.90. The van der Waals surface area contributed by atoms with Gasteiger partial charge in [0.1, 0.15) is 35.5 Å². The maximum Gasteiger partial charge on any atom is 0.410 e. The molecule has 45 heavy (non-hydrogen) atoms. The molecule has 0 saturated carbocycles. The number of alkyl halides is 2. The van der Waals surface area contributed by atoms with Crippen LogP contribution in [0.2, 0.25) is 0 Å². The third-order valence-corrected chi connectivity index (χ3v) is 7.63. The molecule has 3 rings (SSSR count). The van der Waals surface area contributed by atoms with Gasteiger partial charge in [-0.15, -0.1) is 0 Å². The highest BCUT2D eigenvalue weighted by Gasteiger charge is 2.50. The number of amides is 2. The maximum atomic E-state index is 16.2. The van der Waals surface area contributed by atoms with E-state index in [2.05, 4.69) is 0 Å². The molecule has 2 aromatic carbocycles. The molecule has 0 radical (unpaired) electrons. The maximum absolute atomic E-state index is 16.2. The largest absolute Gasteiger partial charge is 0.491 e. The van der Waals surface area contributed by atoms with Crippen LogP contribution in [0.25, 0.3) is 11.1 Å². The molecule has 1 fully saturated rings. The average Bonchev–Trinajstić information content (AvgIpc) is 3.24. The van der Waals surface area contributed by atoms with E-state index in [-0.39, 0.29) is 30.7 Å². The Bertz CT molecular complexity index is 1370. The van der Waals surface area contributed by atoms with E-state index in [0.717, 1.165) is 4.90 Å². The third-order valence-electron chi connectivity index (χ3n) is 6.89. The smallest absolute Gasteiger partial charge is 0.410 e. The van der Waals surface area contributed by atoms with Crippen LogP contribution in [0.1, 0.15) is 47.1 Å². The van der Waals surface area contributed by atoms with Crippen molar-refractivity contribution in [1.82, 2.24) is 14.1 Å². The molecule has 250 valence electrons. The van der Waals surface area contributed by atoms with Crippen LogP contribution in [0.4, 0.5) is 22.8 Å². The summed E-state index contributed by atoms with van der Waals surface area (Å²) in [5, 5.41) is 0. The van der Waals surface area contributed by atoms with E-state index in [4.69, 9.17) is 14.2 Å². The molecule has 0 aliphatic carbocycles. The van der Waals surface area contributed by atoms with Crippen molar-refractivity contribution in [1.29, 1.82) is 0 Å². The van der Waals surface area contributed by atoms with Crippen molar-refractivity contribution in [2.75, 3.05) is 33.5 Å². The number of carbonyl (C=O) groups is 2. The molecule has 0 aromatic heterocycles. The molecule has 1 N–H and O–H groups in total. The lowest BCUT2D eigenvalue weighted by molar-refractivity contribution is 0.0194. The lowest BCUT2D eigenvalue weighted by Crippen LogP contribution is -2.51. The fourth-order valence-electron chi connectivity index (χ4n) is 4.93. The summed E-state index contributed by atoms with van der Waals surface area (Å²) in [4.78, 5) is 27.7. The summed E-state index contributed by atoms with van der Waals surface area (Å²) in [6, 6.07) is 8.48. The van der Waals surface area contributed by atoms with E-state index >= 15 is 8.78 Å². The van der Waals surface area contributed by atoms with Gasteiger partial charge in [-0.3, -0.25) is 4.55 Å². The summed E-state index contributed by atoms with van der Waals surface area (Å²) in [6.07, 6.45) is -3.64. The number of hydrogen-bond donors (Lipinski definition) is 1. The summed E-state index contributed by atoms with van der Waals surface area (Å²) < 4.78 is 84.1. The van der Waals surface area contributed by atoms with E-state index in [9.17, 15) is 22.7 Å². The predicted octanol–water partition coefficient (Wildman–Crippen LogP) is 5.97. The first-order chi connectivity index (χ1) is 20.9. The quantitative estimate of drug-likeness (QED) is 0.248. The fourth-order valence-corrected chi connectivity index (χ4v) is 5.49. The van der Waals surface area contributed by atoms with Gasteiger partial charge in [-0.2, -0.15) is 4.31 Å². The Morgan fingerprint density at radius 1 is 1.02 bits per heavy atom. The SMILES string of the molecule is CN(CCOc1ccccc1-c1cccc(CC2C(N(CF)S(=O)O)C(F)CN2C(=O)OC(C)(C)C)c1F)C(=O)OC(C)(C)C. The van der Waals surface area contributed by atoms with E-state index in [1.165, 1.54) is 17.0 Å². The Hall–Kier alpha value is -3.36. The van der Waals surface area contributed by atoms with Crippen molar-refractivity contribution >= 4 is 23.5 Å². The van der Waals surface area contributed by atoms with Crippen molar-refractivity contribution < 1.29 is 45.7 Å². The zero-order valence-corrected chi connectivity index (χ0v) is 27.4. The van der Waals surface area contributed by atoms with Gasteiger partial charge in [0.05, 0.1) is 25.2 Å². The van der Waals surface area contributed by atoms with Crippen molar-refractivity contribution in [2.24, 2.45) is 0 Å². The summed E-state index contributed by atoms with van der Waals surface area (Å²) >= 11 is -2.90. The minimum absolute atomic E-state index is 0.0622. The van der Waals surface area contributed by atoms with Crippen LogP contribution in [-0.2, 0) is 27.2 Å². The zero-order valence-electron chi connectivity index (χ0n) is 26.6. The van der Waals surface area contributed by atoms with E-state index in [0.29, 0.717) is 15.6 Å². The number of likely N-dealkylation sites (tertiary alicyclic amines) is 1. The molecule has 0 bridgehead atoms. The van der Waals surface area contributed by atoms with E-state index < -0.39 is 72.1 Å². The van der Waals surface area contributed by atoms with Crippen molar-refractivity contribution in [3.05, 3.63) is 53.8 Å². The van der Waals surface area contributed by atoms with E-state index in [1.807, 2.05) is 0 Å².